The highest BCUT2D eigenvalue weighted by Crippen LogP contribution is 2.44. The molecule has 190 valence electrons. The molecule has 10 nitrogen and oxygen atoms in total. The highest BCUT2D eigenvalue weighted by molar-refractivity contribution is 5.70. The molecule has 0 aliphatic heterocycles. The van der Waals surface area contributed by atoms with E-state index in [1.807, 2.05) is 25.2 Å². The van der Waals surface area contributed by atoms with Gasteiger partial charge in [-0.15, -0.1) is 5.10 Å². The molecule has 5 rings (SSSR count). The largest absolute Gasteiger partial charge is 0.488 e. The number of aromatic nitrogens is 6. The number of nitrogens with zero attached hydrogens (tertiary/aromatic N) is 6. The second-order valence-corrected chi connectivity index (χ2v) is 10.1. The van der Waals surface area contributed by atoms with E-state index in [4.69, 9.17) is 9.72 Å². The highest BCUT2D eigenvalue weighted by atomic mass is 16.5. The topological polar surface area (TPSA) is 128 Å². The lowest BCUT2D eigenvalue weighted by Gasteiger charge is -2.28. The van der Waals surface area contributed by atoms with Crippen LogP contribution in [-0.2, 0) is 18.4 Å². The quantitative estimate of drug-likeness (QED) is 0.450. The van der Waals surface area contributed by atoms with Crippen LogP contribution in [0.4, 0.5) is 5.95 Å². The zero-order valence-electron chi connectivity index (χ0n) is 21.0. The van der Waals surface area contributed by atoms with Crippen molar-refractivity contribution in [1.29, 1.82) is 0 Å². The Morgan fingerprint density at radius 2 is 2.03 bits per heavy atom. The maximum Gasteiger partial charge on any atom is 0.306 e. The SMILES string of the molecule is CC(C)c1ccnc(NCc2c(-c3ccc(O[C@H]4CCC[C@H](C(=O)O)C4)c(C4CC4)n3)nnn2C)n1. The Kier molecular flexibility index (Phi) is 6.84. The van der Waals surface area contributed by atoms with Crippen molar-refractivity contribution in [1.82, 2.24) is 29.9 Å². The standard InChI is InChI=1S/C26H33N7O3/c1-15(2)19-11-12-27-26(30-19)28-14-21-24(31-32-33(21)3)20-9-10-22(23(29-20)16-7-8-16)36-18-6-4-5-17(13-18)25(34)35/h9-12,15-18H,4-8,13-14H2,1-3H3,(H,34,35)(H,27,28,30)/t17-,18-/m0/s1. The minimum Gasteiger partial charge on any atom is -0.488 e. The van der Waals surface area contributed by atoms with Crippen LogP contribution in [0.1, 0.15) is 81.3 Å². The average Bonchev–Trinajstić information content (AvgIpc) is 3.66. The number of carboxylic acid groups (broad SMARTS) is 1. The van der Waals surface area contributed by atoms with Crippen molar-refractivity contribution < 1.29 is 14.6 Å². The van der Waals surface area contributed by atoms with Gasteiger partial charge in [0.05, 0.1) is 35.6 Å². The number of carboxylic acids is 1. The number of rotatable bonds is 9. The van der Waals surface area contributed by atoms with Crippen LogP contribution >= 0.6 is 0 Å². The molecule has 3 heterocycles. The maximum atomic E-state index is 11.5. The van der Waals surface area contributed by atoms with Gasteiger partial charge in [0, 0.05) is 24.9 Å². The Hall–Kier alpha value is -3.56. The number of aliphatic carboxylic acids is 1. The van der Waals surface area contributed by atoms with Gasteiger partial charge in [-0.2, -0.15) is 0 Å². The third-order valence-corrected chi connectivity index (χ3v) is 6.99. The fraction of sp³-hybridized carbons (Fsp3) is 0.538. The van der Waals surface area contributed by atoms with Gasteiger partial charge in [-0.25, -0.2) is 19.6 Å². The van der Waals surface area contributed by atoms with E-state index in [2.05, 4.69) is 39.4 Å². The van der Waals surface area contributed by atoms with Gasteiger partial charge < -0.3 is 15.2 Å². The smallest absolute Gasteiger partial charge is 0.306 e. The molecular formula is C26H33N7O3. The second kappa shape index (κ2) is 10.2. The summed E-state index contributed by atoms with van der Waals surface area (Å²) in [6, 6.07) is 5.80. The normalized spacial score (nSPS) is 19.9. The molecule has 2 atom stereocenters. The molecule has 0 amide bonds. The summed E-state index contributed by atoms with van der Waals surface area (Å²) in [7, 11) is 1.86. The van der Waals surface area contributed by atoms with Gasteiger partial charge >= 0.3 is 5.97 Å². The van der Waals surface area contributed by atoms with Crippen molar-refractivity contribution >= 4 is 11.9 Å². The summed E-state index contributed by atoms with van der Waals surface area (Å²) in [4.78, 5) is 25.4. The molecule has 2 aliphatic rings. The lowest BCUT2D eigenvalue weighted by Crippen LogP contribution is -2.29. The Morgan fingerprint density at radius 1 is 1.19 bits per heavy atom. The summed E-state index contributed by atoms with van der Waals surface area (Å²) in [6.07, 6.45) is 6.82. The Morgan fingerprint density at radius 3 is 2.78 bits per heavy atom. The number of hydrogen-bond acceptors (Lipinski definition) is 8. The molecule has 2 aliphatic carbocycles. The zero-order valence-corrected chi connectivity index (χ0v) is 21.0. The number of nitrogens with one attached hydrogen (secondary N) is 1. The third kappa shape index (κ3) is 5.32. The Labute approximate surface area is 210 Å². The van der Waals surface area contributed by atoms with Gasteiger partial charge in [-0.1, -0.05) is 19.1 Å². The van der Waals surface area contributed by atoms with Crippen LogP contribution < -0.4 is 10.1 Å². The number of ether oxygens (including phenoxy) is 1. The molecule has 2 fully saturated rings. The van der Waals surface area contributed by atoms with E-state index in [1.54, 1.807) is 10.9 Å². The van der Waals surface area contributed by atoms with E-state index in [-0.39, 0.29) is 12.0 Å². The molecule has 0 spiro atoms. The zero-order chi connectivity index (χ0) is 25.2. The lowest BCUT2D eigenvalue weighted by molar-refractivity contribution is -0.143. The van der Waals surface area contributed by atoms with E-state index in [0.29, 0.717) is 36.4 Å². The number of aryl methyl sites for hydroxylation is 1. The van der Waals surface area contributed by atoms with Crippen LogP contribution in [0.5, 0.6) is 5.75 Å². The molecule has 10 heteroatoms. The molecule has 36 heavy (non-hydrogen) atoms. The van der Waals surface area contributed by atoms with Crippen molar-refractivity contribution in [3.8, 4) is 17.1 Å². The van der Waals surface area contributed by atoms with E-state index >= 15 is 0 Å². The Bertz CT molecular complexity index is 1240. The molecule has 3 aromatic rings. The number of pyridine rings is 1. The van der Waals surface area contributed by atoms with Crippen LogP contribution in [0.3, 0.4) is 0 Å². The number of carbonyl (C=O) groups is 1. The van der Waals surface area contributed by atoms with E-state index in [0.717, 1.165) is 60.6 Å². The molecule has 3 aromatic heterocycles. The van der Waals surface area contributed by atoms with Crippen molar-refractivity contribution in [3.63, 3.8) is 0 Å². The second-order valence-electron chi connectivity index (χ2n) is 10.1. The fourth-order valence-corrected chi connectivity index (χ4v) is 4.71. The van der Waals surface area contributed by atoms with Gasteiger partial charge in [0.1, 0.15) is 11.4 Å². The predicted molar refractivity (Wildman–Crippen MR) is 134 cm³/mol. The molecule has 0 radical (unpaired) electrons. The first-order valence-electron chi connectivity index (χ1n) is 12.7. The molecule has 2 N–H and O–H groups in total. The number of anilines is 1. The van der Waals surface area contributed by atoms with Gasteiger partial charge in [-0.3, -0.25) is 4.79 Å². The highest BCUT2D eigenvalue weighted by Gasteiger charge is 2.33. The van der Waals surface area contributed by atoms with E-state index < -0.39 is 5.97 Å². The first kappa shape index (κ1) is 24.1. The molecule has 0 saturated heterocycles. The van der Waals surface area contributed by atoms with Crippen molar-refractivity contribution in [2.24, 2.45) is 13.0 Å². The maximum absolute atomic E-state index is 11.5. The van der Waals surface area contributed by atoms with Crippen LogP contribution in [-0.4, -0.2) is 47.1 Å². The fourth-order valence-electron chi connectivity index (χ4n) is 4.71. The lowest BCUT2D eigenvalue weighted by atomic mass is 9.87. The van der Waals surface area contributed by atoms with Crippen molar-refractivity contribution in [2.45, 2.75) is 76.9 Å². The molecule has 2 saturated carbocycles. The van der Waals surface area contributed by atoms with Gasteiger partial charge in [-0.05, 0) is 62.6 Å². The van der Waals surface area contributed by atoms with Gasteiger partial charge in [0.25, 0.3) is 0 Å². The minimum absolute atomic E-state index is 0.0946. The molecule has 0 bridgehead atoms. The van der Waals surface area contributed by atoms with E-state index in [1.165, 1.54) is 0 Å². The van der Waals surface area contributed by atoms with Crippen LogP contribution in [0.25, 0.3) is 11.4 Å². The number of hydrogen-bond donors (Lipinski definition) is 2. The molecular weight excluding hydrogens is 458 g/mol. The van der Waals surface area contributed by atoms with Crippen LogP contribution in [0.15, 0.2) is 24.4 Å². The summed E-state index contributed by atoms with van der Waals surface area (Å²) in [5.41, 5.74) is 4.26. The molecule has 0 unspecified atom stereocenters. The predicted octanol–water partition coefficient (Wildman–Crippen LogP) is 4.30. The summed E-state index contributed by atoms with van der Waals surface area (Å²) in [5, 5.41) is 21.4. The van der Waals surface area contributed by atoms with Crippen LogP contribution in [0, 0.1) is 5.92 Å². The minimum atomic E-state index is -0.732. The van der Waals surface area contributed by atoms with Gasteiger partial charge in [0.2, 0.25) is 5.95 Å². The summed E-state index contributed by atoms with van der Waals surface area (Å²) >= 11 is 0. The first-order chi connectivity index (χ1) is 17.4. The molecule has 0 aromatic carbocycles. The van der Waals surface area contributed by atoms with Crippen molar-refractivity contribution in [2.75, 3.05) is 5.32 Å². The average molecular weight is 492 g/mol. The Balaban J connectivity index is 1.36. The van der Waals surface area contributed by atoms with Crippen molar-refractivity contribution in [3.05, 3.63) is 41.5 Å². The van der Waals surface area contributed by atoms with Crippen LogP contribution in [0.2, 0.25) is 0 Å². The summed E-state index contributed by atoms with van der Waals surface area (Å²) in [5.74, 6) is 0.946. The summed E-state index contributed by atoms with van der Waals surface area (Å²) < 4.78 is 8.08. The van der Waals surface area contributed by atoms with E-state index in [9.17, 15) is 9.90 Å². The van der Waals surface area contributed by atoms with Gasteiger partial charge in [0.15, 0.2) is 0 Å². The first-order valence-corrected chi connectivity index (χ1v) is 12.7. The monoisotopic (exact) mass is 491 g/mol. The summed E-state index contributed by atoms with van der Waals surface area (Å²) in [6.45, 7) is 4.66. The third-order valence-electron chi connectivity index (χ3n) is 6.99.